The van der Waals surface area contributed by atoms with E-state index in [1.807, 2.05) is 0 Å². The molecule has 0 radical (unpaired) electrons. The van der Waals surface area contributed by atoms with E-state index in [1.54, 1.807) is 4.90 Å². The molecule has 0 aromatic carbocycles. The topological polar surface area (TPSA) is 104 Å². The molecule has 290 valence electrons. The second-order valence-corrected chi connectivity index (χ2v) is 22.0. The quantitative estimate of drug-likeness (QED) is 0.257. The molecule has 0 spiro atoms. The number of carbonyl (C=O) groups excluding carboxylic acids is 1. The first-order valence-electron chi connectivity index (χ1n) is 20.5. The number of halogens is 1. The summed E-state index contributed by atoms with van der Waals surface area (Å²) in [6, 6.07) is 0. The van der Waals surface area contributed by atoms with Crippen molar-refractivity contribution < 1.29 is 27.5 Å². The zero-order chi connectivity index (χ0) is 37.5. The third-order valence-corrected chi connectivity index (χ3v) is 19.2. The Morgan fingerprint density at radius 1 is 0.942 bits per heavy atom. The van der Waals surface area contributed by atoms with Crippen LogP contribution < -0.4 is 5.32 Å². The average Bonchev–Trinajstić information content (AvgIpc) is 3.37. The van der Waals surface area contributed by atoms with Gasteiger partial charge in [-0.25, -0.2) is 12.8 Å². The molecule has 2 N–H and O–H groups in total. The summed E-state index contributed by atoms with van der Waals surface area (Å²) in [6.45, 7) is 17.3. The van der Waals surface area contributed by atoms with Crippen molar-refractivity contribution in [3.63, 3.8) is 0 Å². The van der Waals surface area contributed by atoms with Crippen molar-refractivity contribution in [1.29, 1.82) is 0 Å². The number of sulfone groups is 1. The van der Waals surface area contributed by atoms with E-state index in [1.165, 1.54) is 36.8 Å². The number of allylic oxidation sites excluding steroid dienone is 5. The second kappa shape index (κ2) is 13.1. The summed E-state index contributed by atoms with van der Waals surface area (Å²) in [7, 11) is -3.08. The molecule has 7 nitrogen and oxygen atoms in total. The zero-order valence-electron chi connectivity index (χ0n) is 32.6. The van der Waals surface area contributed by atoms with E-state index in [9.17, 15) is 27.5 Å². The number of carboxylic acids is 1. The van der Waals surface area contributed by atoms with Crippen LogP contribution in [0, 0.1) is 56.7 Å². The summed E-state index contributed by atoms with van der Waals surface area (Å²) in [5, 5.41) is 13.7. The summed E-state index contributed by atoms with van der Waals surface area (Å²) < 4.78 is 38.4. The molecule has 4 saturated carbocycles. The van der Waals surface area contributed by atoms with Gasteiger partial charge in [0.2, 0.25) is 5.91 Å². The fourth-order valence-corrected chi connectivity index (χ4v) is 15.7. The SMILES string of the molecule is C=CC1CCC2(NCC(=O)N3CCCS(=O)(=O)CC3)CCC3(C)C(CCC4C5(C)CC=C(C6=CCC(CF)(C(=O)O)CC6)C(C)(C)C5CCC43C)C12. The van der Waals surface area contributed by atoms with Crippen LogP contribution in [0.2, 0.25) is 0 Å². The van der Waals surface area contributed by atoms with Gasteiger partial charge in [-0.15, -0.1) is 6.58 Å². The molecule has 0 aromatic heterocycles. The van der Waals surface area contributed by atoms with Crippen LogP contribution in [0.3, 0.4) is 0 Å². The average molecular weight is 741 g/mol. The highest BCUT2D eigenvalue weighted by molar-refractivity contribution is 7.91. The van der Waals surface area contributed by atoms with Crippen molar-refractivity contribution in [2.75, 3.05) is 37.8 Å². The minimum Gasteiger partial charge on any atom is -0.481 e. The third kappa shape index (κ3) is 5.65. The number of fused-ring (bicyclic) bond motifs is 7. The number of amides is 1. The van der Waals surface area contributed by atoms with Crippen LogP contribution in [0.1, 0.15) is 118 Å². The van der Waals surface area contributed by atoms with E-state index in [0.717, 1.165) is 32.1 Å². The Kier molecular flexibility index (Phi) is 9.61. The van der Waals surface area contributed by atoms with E-state index in [4.69, 9.17) is 0 Å². The maximum Gasteiger partial charge on any atom is 0.312 e. The predicted octanol–water partition coefficient (Wildman–Crippen LogP) is 7.93. The number of nitrogens with zero attached hydrogens (tertiary/aromatic N) is 1. The van der Waals surface area contributed by atoms with Crippen molar-refractivity contribution in [1.82, 2.24) is 10.2 Å². The van der Waals surface area contributed by atoms with Crippen molar-refractivity contribution in [2.24, 2.45) is 56.7 Å². The number of alkyl halides is 1. The van der Waals surface area contributed by atoms with Crippen molar-refractivity contribution in [3.8, 4) is 0 Å². The molecule has 1 amide bonds. The molecule has 0 aromatic rings. The normalized spacial score (nSPS) is 45.2. The number of nitrogens with one attached hydrogen (secondary N) is 1. The Labute approximate surface area is 312 Å². The molecule has 1 saturated heterocycles. The minimum absolute atomic E-state index is 0.0301. The molecule has 1 heterocycles. The van der Waals surface area contributed by atoms with E-state index in [0.29, 0.717) is 61.9 Å². The van der Waals surface area contributed by atoms with Crippen LogP contribution in [-0.4, -0.2) is 73.7 Å². The van der Waals surface area contributed by atoms with Crippen LogP contribution in [-0.2, 0) is 19.4 Å². The van der Waals surface area contributed by atoms with Crippen LogP contribution >= 0.6 is 0 Å². The summed E-state index contributed by atoms with van der Waals surface area (Å²) >= 11 is 0. The summed E-state index contributed by atoms with van der Waals surface area (Å²) in [5.74, 6) is 1.74. The number of carboxylic acid groups (broad SMARTS) is 1. The fourth-order valence-electron chi connectivity index (χ4n) is 14.4. The van der Waals surface area contributed by atoms with Crippen molar-refractivity contribution in [3.05, 3.63) is 36.0 Å². The molecule has 9 heteroatoms. The van der Waals surface area contributed by atoms with Gasteiger partial charge in [0.25, 0.3) is 0 Å². The van der Waals surface area contributed by atoms with Crippen LogP contribution in [0.4, 0.5) is 4.39 Å². The van der Waals surface area contributed by atoms with Crippen LogP contribution in [0.15, 0.2) is 36.0 Å². The van der Waals surface area contributed by atoms with Crippen molar-refractivity contribution >= 4 is 21.7 Å². The number of carbonyl (C=O) groups is 2. The Hall–Kier alpha value is -2.00. The van der Waals surface area contributed by atoms with Crippen molar-refractivity contribution in [2.45, 2.75) is 124 Å². The maximum absolute atomic E-state index is 14.0. The minimum atomic E-state index is -3.08. The smallest absolute Gasteiger partial charge is 0.312 e. The Balaban J connectivity index is 1.13. The van der Waals surface area contributed by atoms with Gasteiger partial charge in [0.05, 0.1) is 23.5 Å². The van der Waals surface area contributed by atoms with Gasteiger partial charge in [0.15, 0.2) is 9.84 Å². The number of hydrogen-bond donors (Lipinski definition) is 2. The maximum atomic E-state index is 14.0. The van der Waals surface area contributed by atoms with Gasteiger partial charge in [0.1, 0.15) is 6.67 Å². The van der Waals surface area contributed by atoms with E-state index < -0.39 is 27.9 Å². The Morgan fingerprint density at radius 2 is 1.71 bits per heavy atom. The Morgan fingerprint density at radius 3 is 2.38 bits per heavy atom. The van der Waals surface area contributed by atoms with E-state index in [-0.39, 0.29) is 57.6 Å². The van der Waals surface area contributed by atoms with E-state index >= 15 is 0 Å². The highest BCUT2D eigenvalue weighted by atomic mass is 32.2. The fraction of sp³-hybridized carbons (Fsp3) is 0.814. The Bertz CT molecular complexity index is 1660. The molecule has 5 fully saturated rings. The highest BCUT2D eigenvalue weighted by Gasteiger charge is 2.70. The first kappa shape index (κ1) is 38.3. The van der Waals surface area contributed by atoms with Gasteiger partial charge >= 0.3 is 5.97 Å². The summed E-state index contributed by atoms with van der Waals surface area (Å²) in [5.41, 5.74) is 1.70. The van der Waals surface area contributed by atoms with Crippen LogP contribution in [0.5, 0.6) is 0 Å². The number of rotatable bonds is 7. The lowest BCUT2D eigenvalue weighted by atomic mass is 9.33. The lowest BCUT2D eigenvalue weighted by Gasteiger charge is -2.72. The highest BCUT2D eigenvalue weighted by Crippen LogP contribution is 2.76. The zero-order valence-corrected chi connectivity index (χ0v) is 33.4. The molecule has 6 aliphatic carbocycles. The van der Waals surface area contributed by atoms with Gasteiger partial charge in [-0.05, 0) is 146 Å². The number of hydrogen-bond acceptors (Lipinski definition) is 5. The van der Waals surface area contributed by atoms with Gasteiger partial charge in [0, 0.05) is 18.6 Å². The lowest BCUT2D eigenvalue weighted by molar-refractivity contribution is -0.220. The summed E-state index contributed by atoms with van der Waals surface area (Å²) in [4.78, 5) is 27.3. The number of aliphatic carboxylic acids is 1. The molecule has 52 heavy (non-hydrogen) atoms. The monoisotopic (exact) mass is 740 g/mol. The van der Waals surface area contributed by atoms with E-state index in [2.05, 4.69) is 64.7 Å². The van der Waals surface area contributed by atoms with Crippen LogP contribution in [0.25, 0.3) is 0 Å². The molecular formula is C43H65FN2O5S. The largest absolute Gasteiger partial charge is 0.481 e. The first-order chi connectivity index (χ1) is 24.4. The van der Waals surface area contributed by atoms with Gasteiger partial charge in [-0.1, -0.05) is 52.8 Å². The first-order valence-corrected chi connectivity index (χ1v) is 22.3. The molecule has 7 aliphatic rings. The molecule has 1 aliphatic heterocycles. The lowest BCUT2D eigenvalue weighted by Crippen LogP contribution is -2.68. The summed E-state index contributed by atoms with van der Waals surface area (Å²) in [6.07, 6.45) is 18.7. The second-order valence-electron chi connectivity index (χ2n) is 19.7. The molecule has 0 bridgehead atoms. The molecule has 10 atom stereocenters. The van der Waals surface area contributed by atoms with Gasteiger partial charge in [-0.3, -0.25) is 9.59 Å². The molecule has 10 unspecified atom stereocenters. The van der Waals surface area contributed by atoms with Gasteiger partial charge < -0.3 is 15.3 Å². The standard InChI is InChI=1S/C43H65FN2O5S/c1-7-29-13-20-43(45-27-35(47)46-23-8-25-52(50,51)26-24-46)22-21-40(5)32(36(29)43)9-10-34-39(4)16-14-31(38(2,3)33(39)15-17-41(34,40)6)30-11-18-42(28-44,19-12-30)37(48)49/h7,11,14,29,32-34,36,45H,1,8-10,12-13,15-28H2,2-6H3,(H,48,49). The third-order valence-electron chi connectivity index (χ3n) is 17.5. The van der Waals surface area contributed by atoms with Gasteiger partial charge in [-0.2, -0.15) is 0 Å². The predicted molar refractivity (Wildman–Crippen MR) is 204 cm³/mol. The molecular weight excluding hydrogens is 676 g/mol. The molecule has 7 rings (SSSR count).